The zero-order valence-corrected chi connectivity index (χ0v) is 21.2. The number of hydrogen-bond acceptors (Lipinski definition) is 6. The molecule has 0 saturated carbocycles. The molecular weight excluding hydrogens is 466 g/mol. The molecule has 37 heavy (non-hydrogen) atoms. The van der Waals surface area contributed by atoms with Gasteiger partial charge in [0.1, 0.15) is 11.4 Å². The Balaban J connectivity index is 0.000000237. The number of benzene rings is 2. The van der Waals surface area contributed by atoms with Gasteiger partial charge < -0.3 is 20.1 Å². The summed E-state index contributed by atoms with van der Waals surface area (Å²) in [6.45, 7) is 7.70. The van der Waals surface area contributed by atoms with Gasteiger partial charge in [-0.1, -0.05) is 42.5 Å². The topological polar surface area (TPSA) is 95.0 Å². The summed E-state index contributed by atoms with van der Waals surface area (Å²) >= 11 is 0. The van der Waals surface area contributed by atoms with Crippen LogP contribution in [0.4, 0.5) is 0 Å². The maximum atomic E-state index is 10.9. The number of aryl methyl sites for hydroxylation is 1. The Hall–Kier alpha value is -4.17. The number of fused-ring (bicyclic) bond motifs is 2. The minimum absolute atomic E-state index is 0.00653. The average Bonchev–Trinajstić information content (AvgIpc) is 3.65. The summed E-state index contributed by atoms with van der Waals surface area (Å²) in [5, 5.41) is 4.62. The number of ether oxygens (including phenoxy) is 2. The van der Waals surface area contributed by atoms with Gasteiger partial charge in [-0.25, -0.2) is 9.50 Å². The first kappa shape index (κ1) is 24.5. The smallest absolute Gasteiger partial charge is 0.246 e. The van der Waals surface area contributed by atoms with Gasteiger partial charge in [-0.05, 0) is 43.2 Å². The van der Waals surface area contributed by atoms with Gasteiger partial charge in [0.25, 0.3) is 0 Å². The highest BCUT2D eigenvalue weighted by atomic mass is 16.5. The van der Waals surface area contributed by atoms with E-state index < -0.39 is 0 Å². The van der Waals surface area contributed by atoms with Crippen molar-refractivity contribution in [3.8, 4) is 34.1 Å². The van der Waals surface area contributed by atoms with Crippen LogP contribution in [0.1, 0.15) is 17.5 Å². The Morgan fingerprint density at radius 2 is 2.05 bits per heavy atom. The van der Waals surface area contributed by atoms with Gasteiger partial charge in [-0.15, -0.1) is 5.10 Å². The van der Waals surface area contributed by atoms with Gasteiger partial charge in [-0.3, -0.25) is 4.79 Å². The number of hydrogen-bond donors (Lipinski definition) is 1. The molecule has 1 atom stereocenters. The van der Waals surface area contributed by atoms with Crippen LogP contribution in [0, 0.1) is 6.92 Å². The van der Waals surface area contributed by atoms with E-state index >= 15 is 0 Å². The molecule has 1 amide bonds. The van der Waals surface area contributed by atoms with Crippen LogP contribution in [0.15, 0.2) is 67.3 Å². The lowest BCUT2D eigenvalue weighted by molar-refractivity contribution is -0.125. The number of likely N-dealkylation sites (tertiary alicyclic amines) is 1. The second-order valence-electron chi connectivity index (χ2n) is 9.28. The number of methoxy groups -OCH3 is 1. The Morgan fingerprint density at radius 3 is 2.78 bits per heavy atom. The van der Waals surface area contributed by atoms with Crippen LogP contribution >= 0.6 is 0 Å². The van der Waals surface area contributed by atoms with E-state index in [1.807, 2.05) is 16.6 Å². The summed E-state index contributed by atoms with van der Waals surface area (Å²) in [5.41, 5.74) is 12.7. The van der Waals surface area contributed by atoms with E-state index in [4.69, 9.17) is 20.2 Å². The summed E-state index contributed by atoms with van der Waals surface area (Å²) in [5.74, 6) is 1.50. The first-order valence-electron chi connectivity index (χ1n) is 12.4. The van der Waals surface area contributed by atoms with Crippen molar-refractivity contribution in [3.05, 3.63) is 78.4 Å². The van der Waals surface area contributed by atoms with Crippen molar-refractivity contribution < 1.29 is 14.3 Å². The molecule has 2 aromatic carbocycles. The lowest BCUT2D eigenvalue weighted by Crippen LogP contribution is -2.30. The Morgan fingerprint density at radius 1 is 1.19 bits per heavy atom. The SMILES string of the molecule is C=CC(=O)N1CCC(N)C1.COc1ccc2nc(-c3ccc4c(c3)OCC4)c(-c3cccc(C)c3)n2n1. The van der Waals surface area contributed by atoms with E-state index in [1.54, 1.807) is 12.0 Å². The first-order chi connectivity index (χ1) is 18.0. The van der Waals surface area contributed by atoms with Crippen molar-refractivity contribution in [3.63, 3.8) is 0 Å². The highest BCUT2D eigenvalue weighted by Crippen LogP contribution is 2.36. The lowest BCUT2D eigenvalue weighted by atomic mass is 10.0. The molecule has 0 aliphatic carbocycles. The molecule has 2 aromatic heterocycles. The highest BCUT2D eigenvalue weighted by molar-refractivity contribution is 5.87. The highest BCUT2D eigenvalue weighted by Gasteiger charge is 2.22. The van der Waals surface area contributed by atoms with Crippen molar-refractivity contribution in [2.75, 3.05) is 26.8 Å². The molecule has 0 radical (unpaired) electrons. The second-order valence-corrected chi connectivity index (χ2v) is 9.28. The Labute approximate surface area is 216 Å². The van der Waals surface area contributed by atoms with Crippen LogP contribution in [-0.4, -0.2) is 58.3 Å². The molecule has 1 unspecified atom stereocenters. The van der Waals surface area contributed by atoms with E-state index in [-0.39, 0.29) is 11.9 Å². The van der Waals surface area contributed by atoms with Crippen molar-refractivity contribution in [2.45, 2.75) is 25.8 Å². The van der Waals surface area contributed by atoms with E-state index in [9.17, 15) is 4.79 Å². The summed E-state index contributed by atoms with van der Waals surface area (Å²) < 4.78 is 13.0. The quantitative estimate of drug-likeness (QED) is 0.428. The fourth-order valence-electron chi connectivity index (χ4n) is 4.71. The lowest BCUT2D eigenvalue weighted by Gasteiger charge is -2.11. The van der Waals surface area contributed by atoms with Crippen LogP contribution in [0.2, 0.25) is 0 Å². The van der Waals surface area contributed by atoms with E-state index in [0.717, 1.165) is 59.9 Å². The van der Waals surface area contributed by atoms with Gasteiger partial charge in [0.2, 0.25) is 11.8 Å². The maximum absolute atomic E-state index is 10.9. The Bertz CT molecular complexity index is 1460. The zero-order valence-electron chi connectivity index (χ0n) is 21.2. The summed E-state index contributed by atoms with van der Waals surface area (Å²) in [7, 11) is 1.62. The number of nitrogens with two attached hydrogens (primary N) is 1. The van der Waals surface area contributed by atoms with Gasteiger partial charge >= 0.3 is 0 Å². The molecule has 2 aliphatic heterocycles. The predicted molar refractivity (Wildman–Crippen MR) is 144 cm³/mol. The molecule has 2 N–H and O–H groups in total. The molecule has 1 saturated heterocycles. The van der Waals surface area contributed by atoms with E-state index in [2.05, 4.69) is 61.1 Å². The zero-order chi connectivity index (χ0) is 25.9. The van der Waals surface area contributed by atoms with Crippen LogP contribution in [0.3, 0.4) is 0 Å². The van der Waals surface area contributed by atoms with Crippen LogP contribution in [0.5, 0.6) is 11.6 Å². The average molecular weight is 498 g/mol. The Kier molecular flexibility index (Phi) is 6.92. The maximum Gasteiger partial charge on any atom is 0.246 e. The third-order valence-corrected chi connectivity index (χ3v) is 6.63. The molecule has 4 aromatic rings. The number of aromatic nitrogens is 3. The van der Waals surface area contributed by atoms with Crippen molar-refractivity contribution in [2.24, 2.45) is 5.73 Å². The summed E-state index contributed by atoms with van der Waals surface area (Å²) in [6.07, 6.45) is 3.21. The molecule has 8 nitrogen and oxygen atoms in total. The van der Waals surface area contributed by atoms with Gasteiger partial charge in [0, 0.05) is 42.7 Å². The number of imidazole rings is 1. The number of rotatable bonds is 4. The standard InChI is InChI=1S/C22H19N3O2.C7H12N2O/c1-14-4-3-5-17(12-14)22-21(16-7-6-15-10-11-27-18(15)13-16)23-19-8-9-20(26-2)24-25(19)22;1-2-7(10)9-4-3-6(8)5-9/h3-9,12-13H,10-11H2,1-2H3;2,6H,1,3-5,8H2. The van der Waals surface area contributed by atoms with Crippen molar-refractivity contribution in [1.29, 1.82) is 0 Å². The summed E-state index contributed by atoms with van der Waals surface area (Å²) in [6, 6.07) is 18.6. The van der Waals surface area contributed by atoms with E-state index in [0.29, 0.717) is 12.4 Å². The molecule has 0 bridgehead atoms. The van der Waals surface area contributed by atoms with Crippen LogP contribution in [0.25, 0.3) is 28.2 Å². The van der Waals surface area contributed by atoms with E-state index in [1.165, 1.54) is 17.2 Å². The molecule has 0 spiro atoms. The normalized spacial score (nSPS) is 16.1. The molecule has 1 fully saturated rings. The van der Waals surface area contributed by atoms with Gasteiger partial charge in [-0.2, -0.15) is 0 Å². The first-order valence-corrected chi connectivity index (χ1v) is 12.4. The monoisotopic (exact) mass is 497 g/mol. The third kappa shape index (κ3) is 5.06. The summed E-state index contributed by atoms with van der Waals surface area (Å²) in [4.78, 5) is 17.5. The fourth-order valence-corrected chi connectivity index (χ4v) is 4.71. The van der Waals surface area contributed by atoms with Gasteiger partial charge in [0.15, 0.2) is 5.65 Å². The van der Waals surface area contributed by atoms with Crippen molar-refractivity contribution >= 4 is 11.6 Å². The van der Waals surface area contributed by atoms with Crippen LogP contribution in [-0.2, 0) is 11.2 Å². The number of carbonyl (C=O) groups excluding carboxylic acids is 1. The number of carbonyl (C=O) groups is 1. The minimum Gasteiger partial charge on any atom is -0.493 e. The molecule has 2 aliphatic rings. The van der Waals surface area contributed by atoms with Crippen molar-refractivity contribution in [1.82, 2.24) is 19.5 Å². The molecule has 6 rings (SSSR count). The number of nitrogens with zero attached hydrogens (tertiary/aromatic N) is 4. The molecule has 190 valence electrons. The second kappa shape index (κ2) is 10.4. The predicted octanol–water partition coefficient (Wildman–Crippen LogP) is 4.05. The van der Waals surface area contributed by atoms with Crippen LogP contribution < -0.4 is 15.2 Å². The van der Waals surface area contributed by atoms with Gasteiger partial charge in [0.05, 0.1) is 19.4 Å². The minimum atomic E-state index is -0.00653. The largest absolute Gasteiger partial charge is 0.493 e. The third-order valence-electron chi connectivity index (χ3n) is 6.63. The molecule has 4 heterocycles. The number of amides is 1. The molecular formula is C29H31N5O3. The molecule has 8 heteroatoms. The fraction of sp³-hybridized carbons (Fsp3) is 0.276.